The maximum absolute atomic E-state index is 6.19. The third kappa shape index (κ3) is 3.04. The highest BCUT2D eigenvalue weighted by Crippen LogP contribution is 2.34. The summed E-state index contributed by atoms with van der Waals surface area (Å²) in [5.74, 6) is 2.43. The van der Waals surface area contributed by atoms with Crippen LogP contribution >= 0.6 is 0 Å². The number of methoxy groups -OCH3 is 2. The van der Waals surface area contributed by atoms with E-state index < -0.39 is 0 Å². The molecule has 0 spiro atoms. The van der Waals surface area contributed by atoms with Gasteiger partial charge in [0.25, 0.3) is 0 Å². The lowest BCUT2D eigenvalue weighted by molar-refractivity contribution is 0.355. The Balaban J connectivity index is 2.70. The standard InChI is InChI=1S/C17H27N3O2/c1-7-11(18)10-20-13-9-15(22-6)14(21-5)8-12(13)19-16(20)17(2,3)4/h8-9,11H,7,10,18H2,1-6H3. The second kappa shape index (κ2) is 6.16. The zero-order valence-electron chi connectivity index (χ0n) is 14.4. The molecule has 1 atom stereocenters. The lowest BCUT2D eigenvalue weighted by Crippen LogP contribution is -2.28. The molecule has 0 bridgehead atoms. The largest absolute Gasteiger partial charge is 0.493 e. The SMILES string of the molecule is CCC(N)Cn1c(C(C)(C)C)nc2cc(OC)c(OC)cc21. The van der Waals surface area contributed by atoms with Crippen molar-refractivity contribution in [3.63, 3.8) is 0 Å². The molecular weight excluding hydrogens is 278 g/mol. The number of nitrogens with two attached hydrogens (primary N) is 1. The number of aromatic nitrogens is 2. The molecule has 0 aliphatic heterocycles. The van der Waals surface area contributed by atoms with E-state index in [1.54, 1.807) is 14.2 Å². The fourth-order valence-electron chi connectivity index (χ4n) is 2.57. The third-order valence-electron chi connectivity index (χ3n) is 3.87. The number of rotatable bonds is 5. The Morgan fingerprint density at radius 1 is 1.18 bits per heavy atom. The highest BCUT2D eigenvalue weighted by atomic mass is 16.5. The number of ether oxygens (including phenoxy) is 2. The molecule has 0 aliphatic rings. The molecule has 1 aromatic heterocycles. The zero-order valence-corrected chi connectivity index (χ0v) is 14.4. The number of hydrogen-bond acceptors (Lipinski definition) is 4. The Bertz CT molecular complexity index is 656. The van der Waals surface area contributed by atoms with Gasteiger partial charge in [0.15, 0.2) is 11.5 Å². The quantitative estimate of drug-likeness (QED) is 0.922. The Kier molecular flexibility index (Phi) is 4.66. The van der Waals surface area contributed by atoms with Gasteiger partial charge in [0, 0.05) is 30.1 Å². The van der Waals surface area contributed by atoms with Gasteiger partial charge < -0.3 is 19.8 Å². The van der Waals surface area contributed by atoms with E-state index in [0.29, 0.717) is 11.5 Å². The van der Waals surface area contributed by atoms with Crippen molar-refractivity contribution < 1.29 is 9.47 Å². The molecule has 0 amide bonds. The minimum Gasteiger partial charge on any atom is -0.493 e. The Labute approximate surface area is 132 Å². The predicted octanol–water partition coefficient (Wildman–Crippen LogP) is 3.09. The van der Waals surface area contributed by atoms with Crippen LogP contribution in [0.3, 0.4) is 0 Å². The normalized spacial score (nSPS) is 13.4. The molecule has 1 heterocycles. The van der Waals surface area contributed by atoms with Gasteiger partial charge in [-0.25, -0.2) is 4.98 Å². The molecular formula is C17H27N3O2. The van der Waals surface area contributed by atoms with E-state index in [1.807, 2.05) is 12.1 Å². The van der Waals surface area contributed by atoms with Gasteiger partial charge in [-0.05, 0) is 6.42 Å². The first-order valence-corrected chi connectivity index (χ1v) is 7.70. The smallest absolute Gasteiger partial charge is 0.163 e. The fraction of sp³-hybridized carbons (Fsp3) is 0.588. The Morgan fingerprint density at radius 3 is 2.27 bits per heavy atom. The van der Waals surface area contributed by atoms with Crippen LogP contribution in [0.2, 0.25) is 0 Å². The number of hydrogen-bond donors (Lipinski definition) is 1. The molecule has 22 heavy (non-hydrogen) atoms. The maximum atomic E-state index is 6.19. The van der Waals surface area contributed by atoms with Crippen molar-refractivity contribution in [1.82, 2.24) is 9.55 Å². The van der Waals surface area contributed by atoms with E-state index in [2.05, 4.69) is 32.3 Å². The van der Waals surface area contributed by atoms with Crippen molar-refractivity contribution in [2.45, 2.75) is 52.1 Å². The number of fused-ring (bicyclic) bond motifs is 1. The first-order valence-electron chi connectivity index (χ1n) is 7.70. The minimum absolute atomic E-state index is 0.0625. The third-order valence-corrected chi connectivity index (χ3v) is 3.87. The molecule has 1 unspecified atom stereocenters. The van der Waals surface area contributed by atoms with Crippen LogP contribution in [-0.4, -0.2) is 29.8 Å². The molecule has 0 radical (unpaired) electrons. The lowest BCUT2D eigenvalue weighted by Gasteiger charge is -2.22. The summed E-state index contributed by atoms with van der Waals surface area (Å²) in [6, 6.07) is 4.02. The first-order chi connectivity index (χ1) is 10.3. The molecule has 0 fully saturated rings. The Hall–Kier alpha value is -1.75. The van der Waals surface area contributed by atoms with Crippen molar-refractivity contribution in [3.8, 4) is 11.5 Å². The van der Waals surface area contributed by atoms with Gasteiger partial charge in [0.1, 0.15) is 5.82 Å². The summed E-state index contributed by atoms with van der Waals surface area (Å²) in [6.45, 7) is 9.34. The number of benzene rings is 1. The van der Waals surface area contributed by atoms with E-state index in [9.17, 15) is 0 Å². The van der Waals surface area contributed by atoms with E-state index in [4.69, 9.17) is 20.2 Å². The van der Waals surface area contributed by atoms with E-state index >= 15 is 0 Å². The van der Waals surface area contributed by atoms with Gasteiger partial charge in [0.2, 0.25) is 0 Å². The summed E-state index contributed by atoms with van der Waals surface area (Å²) in [5.41, 5.74) is 8.07. The molecule has 0 aliphatic carbocycles. The minimum atomic E-state index is -0.0625. The van der Waals surface area contributed by atoms with Gasteiger partial charge in [-0.1, -0.05) is 27.7 Å². The number of imidazole rings is 1. The number of nitrogens with zero attached hydrogens (tertiary/aromatic N) is 2. The summed E-state index contributed by atoms with van der Waals surface area (Å²) in [7, 11) is 3.28. The van der Waals surface area contributed by atoms with Gasteiger partial charge in [-0.2, -0.15) is 0 Å². The van der Waals surface area contributed by atoms with Crippen LogP contribution < -0.4 is 15.2 Å². The average molecular weight is 305 g/mol. The van der Waals surface area contributed by atoms with Crippen molar-refractivity contribution in [2.24, 2.45) is 5.73 Å². The second-order valence-electron chi connectivity index (χ2n) is 6.66. The molecule has 2 rings (SSSR count). The van der Waals surface area contributed by atoms with Crippen molar-refractivity contribution in [3.05, 3.63) is 18.0 Å². The van der Waals surface area contributed by atoms with E-state index in [-0.39, 0.29) is 11.5 Å². The van der Waals surface area contributed by atoms with Gasteiger partial charge in [0.05, 0.1) is 25.3 Å². The second-order valence-corrected chi connectivity index (χ2v) is 6.66. The van der Waals surface area contributed by atoms with Crippen LogP contribution in [0.4, 0.5) is 0 Å². The van der Waals surface area contributed by atoms with Crippen molar-refractivity contribution >= 4 is 11.0 Å². The van der Waals surface area contributed by atoms with Crippen molar-refractivity contribution in [2.75, 3.05) is 14.2 Å². The molecule has 5 nitrogen and oxygen atoms in total. The van der Waals surface area contributed by atoms with Crippen LogP contribution in [0.5, 0.6) is 11.5 Å². The first kappa shape index (κ1) is 16.6. The van der Waals surface area contributed by atoms with Crippen LogP contribution in [0.15, 0.2) is 12.1 Å². The van der Waals surface area contributed by atoms with Crippen LogP contribution in [0.1, 0.15) is 39.9 Å². The molecule has 0 saturated carbocycles. The summed E-state index contributed by atoms with van der Waals surface area (Å²) < 4.78 is 13.0. The summed E-state index contributed by atoms with van der Waals surface area (Å²) in [4.78, 5) is 4.83. The lowest BCUT2D eigenvalue weighted by atomic mass is 9.95. The maximum Gasteiger partial charge on any atom is 0.163 e. The fourth-order valence-corrected chi connectivity index (χ4v) is 2.57. The molecule has 2 N–H and O–H groups in total. The van der Waals surface area contributed by atoms with Gasteiger partial charge in [-0.15, -0.1) is 0 Å². The van der Waals surface area contributed by atoms with Gasteiger partial charge >= 0.3 is 0 Å². The summed E-state index contributed by atoms with van der Waals surface area (Å²) in [5, 5.41) is 0. The molecule has 5 heteroatoms. The predicted molar refractivity (Wildman–Crippen MR) is 89.8 cm³/mol. The molecule has 2 aromatic rings. The highest BCUT2D eigenvalue weighted by molar-refractivity contribution is 5.81. The summed E-state index contributed by atoms with van der Waals surface area (Å²) in [6.07, 6.45) is 0.927. The monoisotopic (exact) mass is 305 g/mol. The van der Waals surface area contributed by atoms with Crippen LogP contribution in [0.25, 0.3) is 11.0 Å². The van der Waals surface area contributed by atoms with Crippen LogP contribution in [-0.2, 0) is 12.0 Å². The highest BCUT2D eigenvalue weighted by Gasteiger charge is 2.24. The van der Waals surface area contributed by atoms with E-state index in [0.717, 1.165) is 29.8 Å². The van der Waals surface area contributed by atoms with Gasteiger partial charge in [-0.3, -0.25) is 0 Å². The molecule has 0 saturated heterocycles. The zero-order chi connectivity index (χ0) is 16.5. The van der Waals surface area contributed by atoms with Crippen molar-refractivity contribution in [1.29, 1.82) is 0 Å². The Morgan fingerprint density at radius 2 is 1.77 bits per heavy atom. The summed E-state index contributed by atoms with van der Waals surface area (Å²) >= 11 is 0. The molecule has 1 aromatic carbocycles. The molecule has 122 valence electrons. The topological polar surface area (TPSA) is 62.3 Å². The van der Waals surface area contributed by atoms with E-state index in [1.165, 1.54) is 0 Å². The average Bonchev–Trinajstić information content (AvgIpc) is 2.83. The van der Waals surface area contributed by atoms with Crippen LogP contribution in [0, 0.1) is 0 Å².